The van der Waals surface area contributed by atoms with Crippen molar-refractivity contribution in [2.24, 2.45) is 0 Å². The molecule has 0 fully saturated rings. The Morgan fingerprint density at radius 1 is 1.31 bits per heavy atom. The van der Waals surface area contributed by atoms with Crippen molar-refractivity contribution >= 4 is 13.0 Å². The summed E-state index contributed by atoms with van der Waals surface area (Å²) in [5.74, 6) is -2.66. The number of rotatable bonds is 2. The van der Waals surface area contributed by atoms with Gasteiger partial charge in [0.15, 0.2) is 11.6 Å². The number of benzene rings is 1. The van der Waals surface area contributed by atoms with Gasteiger partial charge in [0, 0.05) is 12.1 Å². The molecular weight excluding hydrogens is 183 g/mol. The van der Waals surface area contributed by atoms with Crippen molar-refractivity contribution in [1.82, 2.24) is 0 Å². The van der Waals surface area contributed by atoms with Crippen molar-refractivity contribution in [3.8, 4) is 5.75 Å². The third kappa shape index (κ3) is 2.30. The average Bonchev–Trinajstić information content (AvgIpc) is 1.98. The third-order valence-corrected chi connectivity index (χ3v) is 1.27. The molecule has 0 bridgehead atoms. The molecule has 0 aliphatic carbocycles. The first-order valence-corrected chi connectivity index (χ1v) is 3.28. The van der Waals surface area contributed by atoms with E-state index in [1.54, 1.807) is 0 Å². The van der Waals surface area contributed by atoms with Gasteiger partial charge in [-0.15, -0.1) is 0 Å². The van der Waals surface area contributed by atoms with E-state index in [1.807, 2.05) is 0 Å². The molecule has 0 aliphatic heterocycles. The maximum atomic E-state index is 12.6. The van der Waals surface area contributed by atoms with Crippen LogP contribution < -0.4 is 10.4 Å². The first-order chi connectivity index (χ1) is 6.00. The second kappa shape index (κ2) is 3.59. The van der Waals surface area contributed by atoms with E-state index in [2.05, 4.69) is 4.65 Å². The van der Waals surface area contributed by atoms with E-state index >= 15 is 0 Å². The van der Waals surface area contributed by atoms with E-state index in [0.29, 0.717) is 6.07 Å². The van der Waals surface area contributed by atoms with Gasteiger partial charge in [-0.25, -0.2) is 8.78 Å². The Hall–Kier alpha value is -1.34. The second-order valence-corrected chi connectivity index (χ2v) is 2.25. The Morgan fingerprint density at radius 3 is 2.38 bits per heavy atom. The zero-order valence-corrected chi connectivity index (χ0v) is 6.37. The second-order valence-electron chi connectivity index (χ2n) is 2.25. The van der Waals surface area contributed by atoms with Crippen LogP contribution in [-0.2, 0) is 0 Å². The van der Waals surface area contributed by atoms with E-state index in [-0.39, 0.29) is 5.75 Å². The van der Waals surface area contributed by atoms with E-state index in [0.717, 1.165) is 6.07 Å². The Morgan fingerprint density at radius 2 is 1.92 bits per heavy atom. The monoisotopic (exact) mass is 189 g/mol. The highest BCUT2D eigenvalue weighted by atomic mass is 19.2. The molecule has 0 saturated heterocycles. The molecule has 70 valence electrons. The summed E-state index contributed by atoms with van der Waals surface area (Å²) >= 11 is 0. The number of hydrogen-bond donors (Lipinski definition) is 3. The molecule has 0 saturated carbocycles. The molecule has 4 N–H and O–H groups in total. The standard InChI is InChI=1S/C6H6BF2NO3/c8-4-1-3(13-7(11)12)2-5(10)6(4)9/h1-2,11-12H,10H2. The molecule has 0 radical (unpaired) electrons. The van der Waals surface area contributed by atoms with Gasteiger partial charge < -0.3 is 20.4 Å². The molecular formula is C6H6BF2NO3. The normalized spacial score (nSPS) is 9.85. The molecule has 0 unspecified atom stereocenters. The Labute approximate surface area is 72.7 Å². The van der Waals surface area contributed by atoms with Crippen LogP contribution in [0, 0.1) is 11.6 Å². The average molecular weight is 189 g/mol. The lowest BCUT2D eigenvalue weighted by molar-refractivity contribution is 0.287. The van der Waals surface area contributed by atoms with E-state index in [4.69, 9.17) is 15.8 Å². The fourth-order valence-electron chi connectivity index (χ4n) is 0.774. The predicted molar refractivity (Wildman–Crippen MR) is 41.6 cm³/mol. The minimum absolute atomic E-state index is 0.258. The molecule has 0 spiro atoms. The molecule has 0 heterocycles. The molecule has 1 aromatic rings. The lowest BCUT2D eigenvalue weighted by Crippen LogP contribution is -2.20. The van der Waals surface area contributed by atoms with Gasteiger partial charge in [0.25, 0.3) is 0 Å². The first kappa shape index (κ1) is 9.75. The highest BCUT2D eigenvalue weighted by Crippen LogP contribution is 2.21. The predicted octanol–water partition coefficient (Wildman–Crippen LogP) is -0.105. The van der Waals surface area contributed by atoms with Crippen molar-refractivity contribution in [1.29, 1.82) is 0 Å². The number of anilines is 1. The SMILES string of the molecule is Nc1cc(OB(O)O)cc(F)c1F. The van der Waals surface area contributed by atoms with Crippen LogP contribution in [0.25, 0.3) is 0 Å². The molecule has 0 aromatic heterocycles. The first-order valence-electron chi connectivity index (χ1n) is 3.28. The summed E-state index contributed by atoms with van der Waals surface area (Å²) in [5.41, 5.74) is 4.58. The van der Waals surface area contributed by atoms with Crippen molar-refractivity contribution in [2.75, 3.05) is 5.73 Å². The number of halogens is 2. The van der Waals surface area contributed by atoms with Crippen LogP contribution in [0.4, 0.5) is 14.5 Å². The topological polar surface area (TPSA) is 75.7 Å². The molecule has 0 atom stereocenters. The lowest BCUT2D eigenvalue weighted by Gasteiger charge is -2.06. The fourth-order valence-corrected chi connectivity index (χ4v) is 0.774. The van der Waals surface area contributed by atoms with E-state index < -0.39 is 24.6 Å². The summed E-state index contributed by atoms with van der Waals surface area (Å²) in [4.78, 5) is 0. The summed E-state index contributed by atoms with van der Waals surface area (Å²) < 4.78 is 29.4. The summed E-state index contributed by atoms with van der Waals surface area (Å²) in [6.07, 6.45) is 0. The van der Waals surface area contributed by atoms with Crippen LogP contribution in [0.5, 0.6) is 5.75 Å². The van der Waals surface area contributed by atoms with Gasteiger partial charge in [0.2, 0.25) is 0 Å². The van der Waals surface area contributed by atoms with Gasteiger partial charge in [0.1, 0.15) is 5.75 Å². The largest absolute Gasteiger partial charge is 0.707 e. The fraction of sp³-hybridized carbons (Fsp3) is 0. The van der Waals surface area contributed by atoms with E-state index in [1.165, 1.54) is 0 Å². The smallest absolute Gasteiger partial charge is 0.512 e. The van der Waals surface area contributed by atoms with Crippen molar-refractivity contribution < 1.29 is 23.5 Å². The van der Waals surface area contributed by atoms with Crippen molar-refractivity contribution in [3.63, 3.8) is 0 Å². The van der Waals surface area contributed by atoms with Gasteiger partial charge in [-0.3, -0.25) is 0 Å². The van der Waals surface area contributed by atoms with Crippen LogP contribution in [0.3, 0.4) is 0 Å². The maximum Gasteiger partial charge on any atom is 0.707 e. The number of nitrogen functional groups attached to an aromatic ring is 1. The number of hydrogen-bond acceptors (Lipinski definition) is 4. The summed E-state index contributed by atoms with van der Waals surface area (Å²) in [5, 5.41) is 16.7. The van der Waals surface area contributed by atoms with Crippen LogP contribution in [0.15, 0.2) is 12.1 Å². The summed E-state index contributed by atoms with van der Waals surface area (Å²) in [6.45, 7) is 0. The third-order valence-electron chi connectivity index (χ3n) is 1.27. The zero-order valence-electron chi connectivity index (χ0n) is 6.37. The minimum atomic E-state index is -2.09. The quantitative estimate of drug-likeness (QED) is 0.448. The Balaban J connectivity index is 2.99. The molecule has 7 heteroatoms. The van der Waals surface area contributed by atoms with Gasteiger partial charge in [-0.1, -0.05) is 0 Å². The maximum absolute atomic E-state index is 12.6. The highest BCUT2D eigenvalue weighted by molar-refractivity contribution is 6.33. The van der Waals surface area contributed by atoms with Gasteiger partial charge in [0.05, 0.1) is 5.69 Å². The van der Waals surface area contributed by atoms with Crippen LogP contribution in [0.1, 0.15) is 0 Å². The molecule has 0 aliphatic rings. The summed E-state index contributed by atoms with van der Waals surface area (Å²) in [7, 11) is -2.09. The lowest BCUT2D eigenvalue weighted by atomic mass is 10.2. The minimum Gasteiger partial charge on any atom is -0.512 e. The van der Waals surface area contributed by atoms with Crippen molar-refractivity contribution in [3.05, 3.63) is 23.8 Å². The molecule has 13 heavy (non-hydrogen) atoms. The van der Waals surface area contributed by atoms with Gasteiger partial charge in [-0.05, 0) is 0 Å². The van der Waals surface area contributed by atoms with Crippen LogP contribution in [-0.4, -0.2) is 17.4 Å². The zero-order chi connectivity index (χ0) is 10.0. The molecule has 0 amide bonds. The molecule has 4 nitrogen and oxygen atoms in total. The molecule has 1 aromatic carbocycles. The Kier molecular flexibility index (Phi) is 2.69. The Bertz CT molecular complexity index is 298. The van der Waals surface area contributed by atoms with E-state index in [9.17, 15) is 8.78 Å². The van der Waals surface area contributed by atoms with Gasteiger partial charge >= 0.3 is 7.32 Å². The molecule has 1 rings (SSSR count). The summed E-state index contributed by atoms with van der Waals surface area (Å²) in [6, 6.07) is 1.60. The van der Waals surface area contributed by atoms with Crippen LogP contribution in [0.2, 0.25) is 0 Å². The van der Waals surface area contributed by atoms with Gasteiger partial charge in [-0.2, -0.15) is 0 Å². The number of nitrogens with two attached hydrogens (primary N) is 1. The van der Waals surface area contributed by atoms with Crippen LogP contribution >= 0.6 is 0 Å². The van der Waals surface area contributed by atoms with Crippen molar-refractivity contribution in [2.45, 2.75) is 0 Å². The highest BCUT2D eigenvalue weighted by Gasteiger charge is 2.14.